The molecule has 1 aliphatic heterocycles. The lowest BCUT2D eigenvalue weighted by Crippen LogP contribution is -2.35. The first-order chi connectivity index (χ1) is 13.4. The number of benzene rings is 1. The lowest BCUT2D eigenvalue weighted by Gasteiger charge is -2.26. The molecule has 2 aromatic rings. The van der Waals surface area contributed by atoms with Gasteiger partial charge in [0.05, 0.1) is 16.3 Å². The van der Waals surface area contributed by atoms with Gasteiger partial charge in [0.1, 0.15) is 0 Å². The topological polar surface area (TPSA) is 69.7 Å². The molecule has 1 saturated heterocycles. The summed E-state index contributed by atoms with van der Waals surface area (Å²) in [6, 6.07) is 8.95. The number of piperidine rings is 1. The van der Waals surface area contributed by atoms with Crippen molar-refractivity contribution in [3.05, 3.63) is 40.6 Å². The fourth-order valence-electron chi connectivity index (χ4n) is 3.32. The molecule has 1 N–H and O–H groups in total. The molecule has 8 heteroatoms. The van der Waals surface area contributed by atoms with Crippen LogP contribution in [0.4, 0.5) is 11.4 Å². The monoisotopic (exact) mass is 421 g/mol. The molecule has 28 heavy (non-hydrogen) atoms. The first-order valence-corrected chi connectivity index (χ1v) is 11.8. The summed E-state index contributed by atoms with van der Waals surface area (Å²) in [5.41, 5.74) is 1.31. The van der Waals surface area contributed by atoms with Crippen molar-refractivity contribution in [3.63, 3.8) is 0 Å². The van der Waals surface area contributed by atoms with Gasteiger partial charge in [0.2, 0.25) is 15.9 Å². The molecule has 2 heterocycles. The predicted molar refractivity (Wildman–Crippen MR) is 115 cm³/mol. The molecular formula is C20H27N3O3S2. The Balaban J connectivity index is 1.80. The largest absolute Gasteiger partial charge is 0.376 e. The number of anilines is 2. The Morgan fingerprint density at radius 3 is 2.57 bits per heavy atom. The van der Waals surface area contributed by atoms with E-state index >= 15 is 0 Å². The van der Waals surface area contributed by atoms with Crippen LogP contribution in [-0.2, 0) is 21.2 Å². The van der Waals surface area contributed by atoms with Crippen LogP contribution in [0.15, 0.2) is 40.6 Å². The predicted octanol–water partition coefficient (Wildman–Crippen LogP) is 3.56. The highest BCUT2D eigenvalue weighted by Gasteiger charge is 2.27. The molecule has 6 nitrogen and oxygen atoms in total. The van der Waals surface area contributed by atoms with Crippen LogP contribution in [-0.4, -0.2) is 45.8 Å². The average molecular weight is 422 g/mol. The maximum absolute atomic E-state index is 13.0. The van der Waals surface area contributed by atoms with Gasteiger partial charge in [-0.2, -0.15) is 4.31 Å². The molecule has 0 bridgehead atoms. The number of amides is 1. The summed E-state index contributed by atoms with van der Waals surface area (Å²) < 4.78 is 27.5. The van der Waals surface area contributed by atoms with Gasteiger partial charge in [0.15, 0.2) is 0 Å². The molecule has 0 atom stereocenters. The number of nitrogens with one attached hydrogen (secondary N) is 1. The fourth-order valence-corrected chi connectivity index (χ4v) is 5.58. The summed E-state index contributed by atoms with van der Waals surface area (Å²) >= 11 is 1.63. The van der Waals surface area contributed by atoms with E-state index in [4.69, 9.17) is 0 Å². The number of thiophene rings is 1. The Morgan fingerprint density at radius 1 is 1.18 bits per heavy atom. The molecule has 1 amide bonds. The smallest absolute Gasteiger partial charge is 0.243 e. The van der Waals surface area contributed by atoms with Gasteiger partial charge in [-0.1, -0.05) is 12.5 Å². The normalized spacial score (nSPS) is 15.4. The Labute approximate surface area is 171 Å². The number of hydrogen-bond acceptors (Lipinski definition) is 5. The van der Waals surface area contributed by atoms with E-state index in [-0.39, 0.29) is 10.8 Å². The van der Waals surface area contributed by atoms with E-state index in [9.17, 15) is 13.2 Å². The van der Waals surface area contributed by atoms with E-state index in [0.29, 0.717) is 31.6 Å². The zero-order valence-electron chi connectivity index (χ0n) is 16.3. The molecule has 0 spiro atoms. The second-order valence-corrected chi connectivity index (χ2v) is 10.1. The number of hydrogen-bond donors (Lipinski definition) is 1. The zero-order chi connectivity index (χ0) is 20.1. The van der Waals surface area contributed by atoms with Crippen LogP contribution in [0.25, 0.3) is 0 Å². The van der Waals surface area contributed by atoms with Gasteiger partial charge in [-0.25, -0.2) is 8.42 Å². The van der Waals surface area contributed by atoms with E-state index in [2.05, 4.69) is 5.32 Å². The van der Waals surface area contributed by atoms with Crippen molar-refractivity contribution < 1.29 is 13.2 Å². The third-order valence-corrected chi connectivity index (χ3v) is 7.69. The molecule has 1 aromatic heterocycles. The van der Waals surface area contributed by atoms with Crippen LogP contribution >= 0.6 is 11.3 Å². The standard InChI is InChI=1S/C20H27N3O3S2/c1-22(2)19-10-9-17(28(25,26)23-12-4-3-5-13-23)15-18(19)21-20(24)11-8-16-7-6-14-27-16/h6-7,9-10,14-15H,3-5,8,11-13H2,1-2H3,(H,21,24). The molecule has 1 aliphatic rings. The van der Waals surface area contributed by atoms with Crippen LogP contribution in [0.5, 0.6) is 0 Å². The van der Waals surface area contributed by atoms with Crippen molar-refractivity contribution >= 4 is 38.6 Å². The average Bonchev–Trinajstić information content (AvgIpc) is 3.20. The molecule has 0 aliphatic carbocycles. The number of sulfonamides is 1. The Bertz CT molecular complexity index is 903. The van der Waals surface area contributed by atoms with Crippen LogP contribution in [0.1, 0.15) is 30.6 Å². The summed E-state index contributed by atoms with van der Waals surface area (Å²) in [6.07, 6.45) is 3.88. The summed E-state index contributed by atoms with van der Waals surface area (Å²) in [4.78, 5) is 15.7. The number of rotatable bonds is 7. The Hall–Kier alpha value is -1.90. The lowest BCUT2D eigenvalue weighted by atomic mass is 10.2. The molecule has 1 fully saturated rings. The molecule has 0 radical (unpaired) electrons. The SMILES string of the molecule is CN(C)c1ccc(S(=O)(=O)N2CCCCC2)cc1NC(=O)CCc1cccs1. The van der Waals surface area contributed by atoms with Crippen molar-refractivity contribution in [2.45, 2.75) is 37.0 Å². The van der Waals surface area contributed by atoms with Crippen LogP contribution < -0.4 is 10.2 Å². The fraction of sp³-hybridized carbons (Fsp3) is 0.450. The molecule has 3 rings (SSSR count). The molecule has 0 saturated carbocycles. The van der Waals surface area contributed by atoms with Gasteiger partial charge in [0, 0.05) is 38.5 Å². The summed E-state index contributed by atoms with van der Waals surface area (Å²) in [5.74, 6) is -0.121. The summed E-state index contributed by atoms with van der Waals surface area (Å²) in [5, 5.41) is 4.90. The van der Waals surface area contributed by atoms with Crippen molar-refractivity contribution in [3.8, 4) is 0 Å². The van der Waals surface area contributed by atoms with Gasteiger partial charge in [-0.05, 0) is 48.9 Å². The second kappa shape index (κ2) is 9.07. The zero-order valence-corrected chi connectivity index (χ0v) is 18.0. The number of nitrogens with zero attached hydrogens (tertiary/aromatic N) is 2. The van der Waals surface area contributed by atoms with Crippen molar-refractivity contribution in [2.24, 2.45) is 0 Å². The summed E-state index contributed by atoms with van der Waals surface area (Å²) in [7, 11) is 0.196. The van der Waals surface area contributed by atoms with Crippen molar-refractivity contribution in [1.29, 1.82) is 0 Å². The van der Waals surface area contributed by atoms with E-state index in [1.54, 1.807) is 33.8 Å². The maximum Gasteiger partial charge on any atom is 0.243 e. The molecular weight excluding hydrogens is 394 g/mol. The van der Waals surface area contributed by atoms with Crippen molar-refractivity contribution in [2.75, 3.05) is 37.4 Å². The van der Waals surface area contributed by atoms with Gasteiger partial charge in [0.25, 0.3) is 0 Å². The number of carbonyl (C=O) groups excluding carboxylic acids is 1. The first-order valence-electron chi connectivity index (χ1n) is 9.51. The Morgan fingerprint density at radius 2 is 1.93 bits per heavy atom. The van der Waals surface area contributed by atoms with Crippen molar-refractivity contribution in [1.82, 2.24) is 4.31 Å². The minimum Gasteiger partial charge on any atom is -0.376 e. The van der Waals surface area contributed by atoms with E-state index in [0.717, 1.165) is 29.8 Å². The number of carbonyl (C=O) groups is 1. The molecule has 0 unspecified atom stereocenters. The quantitative estimate of drug-likeness (QED) is 0.742. The number of aryl methyl sites for hydroxylation is 1. The first kappa shape index (κ1) is 20.8. The third-order valence-electron chi connectivity index (χ3n) is 4.86. The van der Waals surface area contributed by atoms with Crippen LogP contribution in [0, 0.1) is 0 Å². The summed E-state index contributed by atoms with van der Waals surface area (Å²) in [6.45, 7) is 1.11. The van der Waals surface area contributed by atoms with Crippen LogP contribution in [0.3, 0.4) is 0 Å². The molecule has 152 valence electrons. The third kappa shape index (κ3) is 4.92. The van der Waals surface area contributed by atoms with E-state index in [1.165, 1.54) is 0 Å². The minimum absolute atomic E-state index is 0.121. The second-order valence-electron chi connectivity index (χ2n) is 7.17. The highest BCUT2D eigenvalue weighted by Crippen LogP contribution is 2.30. The van der Waals surface area contributed by atoms with Gasteiger partial charge < -0.3 is 10.2 Å². The minimum atomic E-state index is -3.55. The van der Waals surface area contributed by atoms with Gasteiger partial charge >= 0.3 is 0 Å². The molecule has 1 aromatic carbocycles. The Kier molecular flexibility index (Phi) is 6.74. The van der Waals surface area contributed by atoms with Gasteiger partial charge in [-0.3, -0.25) is 4.79 Å². The van der Waals surface area contributed by atoms with Gasteiger partial charge in [-0.15, -0.1) is 11.3 Å². The van der Waals surface area contributed by atoms with E-state index < -0.39 is 10.0 Å². The van der Waals surface area contributed by atoms with Crippen LogP contribution in [0.2, 0.25) is 0 Å². The van der Waals surface area contributed by atoms with E-state index in [1.807, 2.05) is 36.5 Å². The highest BCUT2D eigenvalue weighted by atomic mass is 32.2. The lowest BCUT2D eigenvalue weighted by molar-refractivity contribution is -0.116. The highest BCUT2D eigenvalue weighted by molar-refractivity contribution is 7.89. The maximum atomic E-state index is 13.0.